The summed E-state index contributed by atoms with van der Waals surface area (Å²) in [7, 11) is 0. The van der Waals surface area contributed by atoms with Crippen molar-refractivity contribution >= 4 is 5.57 Å². The van der Waals surface area contributed by atoms with Crippen molar-refractivity contribution in [3.8, 4) is 11.1 Å². The molecule has 0 aliphatic heterocycles. The van der Waals surface area contributed by atoms with Crippen molar-refractivity contribution in [1.29, 1.82) is 0 Å². The number of allylic oxidation sites excluding steroid dienone is 1. The lowest BCUT2D eigenvalue weighted by Gasteiger charge is -2.08. The normalized spacial score (nSPS) is 10.4. The molecule has 0 unspecified atom stereocenters. The molecule has 0 amide bonds. The third-order valence-electron chi connectivity index (χ3n) is 2.90. The van der Waals surface area contributed by atoms with E-state index in [0.717, 1.165) is 5.56 Å². The summed E-state index contributed by atoms with van der Waals surface area (Å²) >= 11 is 0. The average molecular weight is 244 g/mol. The number of halogens is 2. The Labute approximate surface area is 106 Å². The maximum absolute atomic E-state index is 14.0. The molecule has 2 heteroatoms. The minimum atomic E-state index is -0.833. The molecule has 2 aromatic carbocycles. The van der Waals surface area contributed by atoms with E-state index in [1.54, 1.807) is 31.2 Å². The van der Waals surface area contributed by atoms with Crippen LogP contribution in [-0.4, -0.2) is 0 Å². The SMILES string of the molecule is C=C(C)c1ccc(-c2ccc(C)cc2)c(F)c1F. The Balaban J connectivity index is 2.57. The highest BCUT2D eigenvalue weighted by molar-refractivity contribution is 5.70. The highest BCUT2D eigenvalue weighted by Gasteiger charge is 2.14. The molecule has 0 aliphatic rings. The smallest absolute Gasteiger partial charge is 0.167 e. The first-order valence-corrected chi connectivity index (χ1v) is 5.71. The van der Waals surface area contributed by atoms with E-state index in [2.05, 4.69) is 6.58 Å². The molecule has 2 aromatic rings. The lowest BCUT2D eigenvalue weighted by molar-refractivity contribution is 0.509. The molecule has 0 nitrogen and oxygen atoms in total. The highest BCUT2D eigenvalue weighted by Crippen LogP contribution is 2.28. The van der Waals surface area contributed by atoms with E-state index in [9.17, 15) is 8.78 Å². The van der Waals surface area contributed by atoms with Crippen LogP contribution in [0.4, 0.5) is 8.78 Å². The van der Waals surface area contributed by atoms with Crippen LogP contribution in [0.15, 0.2) is 43.0 Å². The van der Waals surface area contributed by atoms with Crippen molar-refractivity contribution in [2.24, 2.45) is 0 Å². The Morgan fingerprint density at radius 1 is 0.944 bits per heavy atom. The molecular weight excluding hydrogens is 230 g/mol. The summed E-state index contributed by atoms with van der Waals surface area (Å²) in [6.45, 7) is 7.24. The van der Waals surface area contributed by atoms with E-state index in [1.807, 2.05) is 19.1 Å². The predicted octanol–water partition coefficient (Wildman–Crippen LogP) is 4.97. The van der Waals surface area contributed by atoms with Crippen LogP contribution in [0.2, 0.25) is 0 Å². The Kier molecular flexibility index (Phi) is 3.28. The molecule has 0 saturated carbocycles. The lowest BCUT2D eigenvalue weighted by Crippen LogP contribution is -1.95. The second kappa shape index (κ2) is 4.73. The van der Waals surface area contributed by atoms with E-state index in [0.29, 0.717) is 11.1 Å². The number of aryl methyl sites for hydroxylation is 1. The van der Waals surface area contributed by atoms with Gasteiger partial charge in [0.2, 0.25) is 0 Å². The number of hydrogen-bond acceptors (Lipinski definition) is 0. The molecule has 0 aliphatic carbocycles. The molecule has 0 heterocycles. The van der Waals surface area contributed by atoms with Gasteiger partial charge in [0.15, 0.2) is 11.6 Å². The largest absolute Gasteiger partial charge is 0.203 e. The van der Waals surface area contributed by atoms with Gasteiger partial charge in [-0.05, 0) is 25.0 Å². The molecule has 92 valence electrons. The molecule has 18 heavy (non-hydrogen) atoms. The zero-order valence-corrected chi connectivity index (χ0v) is 10.4. The van der Waals surface area contributed by atoms with E-state index < -0.39 is 11.6 Å². The van der Waals surface area contributed by atoms with Crippen LogP contribution in [0.1, 0.15) is 18.1 Å². The first-order valence-electron chi connectivity index (χ1n) is 5.71. The maximum atomic E-state index is 14.0. The van der Waals surface area contributed by atoms with Crippen molar-refractivity contribution < 1.29 is 8.78 Å². The fraction of sp³-hybridized carbons (Fsp3) is 0.125. The molecule has 0 saturated heterocycles. The number of benzene rings is 2. The summed E-state index contributed by atoms with van der Waals surface area (Å²) in [5.41, 5.74) is 2.77. The van der Waals surface area contributed by atoms with Gasteiger partial charge in [0.25, 0.3) is 0 Å². The van der Waals surface area contributed by atoms with Crippen molar-refractivity contribution in [1.82, 2.24) is 0 Å². The topological polar surface area (TPSA) is 0 Å². The Bertz CT molecular complexity index is 595. The third kappa shape index (κ3) is 2.19. The van der Waals surface area contributed by atoms with Gasteiger partial charge in [-0.15, -0.1) is 0 Å². The quantitative estimate of drug-likeness (QED) is 0.699. The summed E-state index contributed by atoms with van der Waals surface area (Å²) in [4.78, 5) is 0. The Morgan fingerprint density at radius 2 is 1.56 bits per heavy atom. The standard InChI is InChI=1S/C16H14F2/c1-10(2)13-8-9-14(16(18)15(13)17)12-6-4-11(3)5-7-12/h4-9H,1H2,2-3H3. The Morgan fingerprint density at radius 3 is 2.11 bits per heavy atom. The monoisotopic (exact) mass is 244 g/mol. The van der Waals surface area contributed by atoms with Gasteiger partial charge < -0.3 is 0 Å². The third-order valence-corrected chi connectivity index (χ3v) is 2.90. The highest BCUT2D eigenvalue weighted by atomic mass is 19.2. The summed E-state index contributed by atoms with van der Waals surface area (Å²) in [5.74, 6) is -1.65. The second-order valence-corrected chi connectivity index (χ2v) is 4.44. The van der Waals surface area contributed by atoms with E-state index in [1.165, 1.54) is 0 Å². The summed E-state index contributed by atoms with van der Waals surface area (Å²) < 4.78 is 27.8. The van der Waals surface area contributed by atoms with Gasteiger partial charge in [-0.2, -0.15) is 0 Å². The van der Waals surface area contributed by atoms with Crippen LogP contribution in [0, 0.1) is 18.6 Å². The maximum Gasteiger partial charge on any atom is 0.167 e. The van der Waals surface area contributed by atoms with Gasteiger partial charge in [-0.1, -0.05) is 48.5 Å². The van der Waals surface area contributed by atoms with Crippen LogP contribution < -0.4 is 0 Å². The van der Waals surface area contributed by atoms with Crippen molar-refractivity contribution in [3.05, 3.63) is 65.7 Å². The molecule has 0 radical (unpaired) electrons. The van der Waals surface area contributed by atoms with Gasteiger partial charge in [0.05, 0.1) is 0 Å². The zero-order chi connectivity index (χ0) is 13.3. The molecular formula is C16H14F2. The van der Waals surface area contributed by atoms with E-state index in [4.69, 9.17) is 0 Å². The molecule has 0 aromatic heterocycles. The first kappa shape index (κ1) is 12.5. The first-order chi connectivity index (χ1) is 8.50. The van der Waals surface area contributed by atoms with Gasteiger partial charge in [0.1, 0.15) is 0 Å². The summed E-state index contributed by atoms with van der Waals surface area (Å²) in [5, 5.41) is 0. The van der Waals surface area contributed by atoms with Crippen LogP contribution in [-0.2, 0) is 0 Å². The van der Waals surface area contributed by atoms with Crippen LogP contribution >= 0.6 is 0 Å². The zero-order valence-electron chi connectivity index (χ0n) is 10.4. The molecule has 0 N–H and O–H groups in total. The average Bonchev–Trinajstić information content (AvgIpc) is 2.33. The lowest BCUT2D eigenvalue weighted by atomic mass is 9.99. The van der Waals surface area contributed by atoms with Crippen LogP contribution in [0.25, 0.3) is 16.7 Å². The number of hydrogen-bond donors (Lipinski definition) is 0. The van der Waals surface area contributed by atoms with Gasteiger partial charge >= 0.3 is 0 Å². The molecule has 2 rings (SSSR count). The Hall–Kier alpha value is -1.96. The fourth-order valence-corrected chi connectivity index (χ4v) is 1.84. The summed E-state index contributed by atoms with van der Waals surface area (Å²) in [6.07, 6.45) is 0. The fourth-order valence-electron chi connectivity index (χ4n) is 1.84. The van der Waals surface area contributed by atoms with Gasteiger partial charge in [-0.3, -0.25) is 0 Å². The van der Waals surface area contributed by atoms with Gasteiger partial charge in [0, 0.05) is 11.1 Å². The predicted molar refractivity (Wildman–Crippen MR) is 71.2 cm³/mol. The summed E-state index contributed by atoms with van der Waals surface area (Å²) in [6, 6.07) is 10.5. The second-order valence-electron chi connectivity index (χ2n) is 4.44. The molecule has 0 atom stereocenters. The van der Waals surface area contributed by atoms with Crippen LogP contribution in [0.5, 0.6) is 0 Å². The minimum Gasteiger partial charge on any atom is -0.203 e. The molecule has 0 bridgehead atoms. The number of rotatable bonds is 2. The van der Waals surface area contributed by atoms with Crippen molar-refractivity contribution in [2.45, 2.75) is 13.8 Å². The minimum absolute atomic E-state index is 0.225. The van der Waals surface area contributed by atoms with Gasteiger partial charge in [-0.25, -0.2) is 8.78 Å². The van der Waals surface area contributed by atoms with E-state index >= 15 is 0 Å². The van der Waals surface area contributed by atoms with Crippen LogP contribution in [0.3, 0.4) is 0 Å². The molecule has 0 spiro atoms. The van der Waals surface area contributed by atoms with E-state index in [-0.39, 0.29) is 11.1 Å². The molecule has 0 fully saturated rings. The van der Waals surface area contributed by atoms with Crippen molar-refractivity contribution in [3.63, 3.8) is 0 Å². The van der Waals surface area contributed by atoms with Crippen molar-refractivity contribution in [2.75, 3.05) is 0 Å².